The predicted molar refractivity (Wildman–Crippen MR) is 246 cm³/mol. The first-order valence-electron chi connectivity index (χ1n) is 22.7. The Hall–Kier alpha value is -6.48. The maximum absolute atomic E-state index is 13.1. The first-order valence-corrected chi connectivity index (χ1v) is 22.7. The molecule has 4 aromatic rings. The summed E-state index contributed by atoms with van der Waals surface area (Å²) in [5.41, 5.74) is 2.44. The van der Waals surface area contributed by atoms with Crippen LogP contribution in [0.25, 0.3) is 21.8 Å². The van der Waals surface area contributed by atoms with Gasteiger partial charge in [0, 0.05) is 71.3 Å². The lowest BCUT2D eigenvalue weighted by Crippen LogP contribution is -2.41. The Morgan fingerprint density at radius 2 is 1.18 bits per heavy atom. The van der Waals surface area contributed by atoms with Gasteiger partial charge in [-0.3, -0.25) is 28.8 Å². The largest absolute Gasteiger partial charge is 0.496 e. The first-order chi connectivity index (χ1) is 31.1. The van der Waals surface area contributed by atoms with Crippen LogP contribution in [0.15, 0.2) is 48.5 Å². The summed E-state index contributed by atoms with van der Waals surface area (Å²) in [6.07, 6.45) is 5.58. The number of carbonyl (C=O) groups is 6. The normalized spacial score (nSPS) is 17.8. The molecule has 15 nitrogen and oxygen atoms in total. The Bertz CT molecular complexity index is 2420. The van der Waals surface area contributed by atoms with E-state index in [1.165, 1.54) is 0 Å². The molecule has 3 heterocycles. The highest BCUT2D eigenvalue weighted by atomic mass is 16.5. The quantitative estimate of drug-likeness (QED) is 0.0547. The molecular weight excluding hydrogens is 827 g/mol. The number of hydrogen-bond donors (Lipinski definition) is 5. The number of ether oxygens (including phenoxy) is 2. The molecule has 0 bridgehead atoms. The third kappa shape index (κ3) is 13.5. The van der Waals surface area contributed by atoms with E-state index >= 15 is 0 Å². The number of amides is 3. The van der Waals surface area contributed by atoms with Crippen molar-refractivity contribution in [2.75, 3.05) is 20.8 Å². The number of Topliss-reactive ketones (excluding diaryl/α,β-unsaturated/α-hetero) is 3. The number of benzene rings is 2. The second-order valence-electron chi connectivity index (χ2n) is 18.2. The smallest absolute Gasteiger partial charge is 0.224 e. The van der Waals surface area contributed by atoms with Gasteiger partial charge >= 0.3 is 0 Å². The lowest BCUT2D eigenvalue weighted by Gasteiger charge is -2.24. The molecule has 0 unspecified atom stereocenters. The van der Waals surface area contributed by atoms with Crippen LogP contribution in [0.2, 0.25) is 0 Å². The molecule has 5 N–H and O–H groups in total. The number of nitrogens with one attached hydrogen (secondary N) is 5. The average Bonchev–Trinajstić information content (AvgIpc) is 4.04. The standard InChI is InChI=1S/C26H33N3O4.C24H30N4O4/c1-16(2)11-18(26(32)28-19(15-27)12-17-7-4-5-9-23(17)30)13-24(31)22-14-20-21(29-22)8-6-10-25(20)33-3;1-14(2)9-16(24(31)27-17(13-25)10-15-7-8-26-23(15)30)11-21(29)20-12-18-19(28-20)5-4-6-22(18)32-3/h6,8,10,14,16-19,29H,4-5,7,9,11-13H2,1-3H3,(H,28,32);4-6,12,14-17,28H,7-11H2,1-3H3,(H,26,30)(H,27,31)/t17-,18+,19-;15-,16+,17-/m00/s1. The van der Waals surface area contributed by atoms with Crippen LogP contribution in [-0.4, -0.2) is 77.9 Å². The van der Waals surface area contributed by atoms with E-state index in [4.69, 9.17) is 9.47 Å². The van der Waals surface area contributed by atoms with Crippen molar-refractivity contribution in [2.45, 2.75) is 110 Å². The summed E-state index contributed by atoms with van der Waals surface area (Å²) in [7, 11) is 3.16. The Labute approximate surface area is 380 Å². The van der Waals surface area contributed by atoms with Gasteiger partial charge in [-0.1, -0.05) is 46.2 Å². The molecule has 2 aromatic carbocycles. The van der Waals surface area contributed by atoms with Gasteiger partial charge in [0.05, 0.1) is 37.7 Å². The molecule has 6 rings (SSSR count). The minimum absolute atomic E-state index is 0.0290. The summed E-state index contributed by atoms with van der Waals surface area (Å²) in [4.78, 5) is 82.4. The molecule has 2 aromatic heterocycles. The molecule has 3 amide bonds. The Kier molecular flexibility index (Phi) is 17.9. The number of nitrogens with zero attached hydrogens (tertiary/aromatic N) is 2. The van der Waals surface area contributed by atoms with Gasteiger partial charge in [-0.15, -0.1) is 0 Å². The lowest BCUT2D eigenvalue weighted by molar-refractivity contribution is -0.127. The van der Waals surface area contributed by atoms with Crippen LogP contribution in [0.3, 0.4) is 0 Å². The maximum Gasteiger partial charge on any atom is 0.224 e. The maximum atomic E-state index is 13.1. The topological polar surface area (TPSA) is 236 Å². The van der Waals surface area contributed by atoms with Crippen LogP contribution in [0.4, 0.5) is 0 Å². The lowest BCUT2D eigenvalue weighted by atomic mass is 9.83. The van der Waals surface area contributed by atoms with E-state index in [1.54, 1.807) is 26.4 Å². The van der Waals surface area contributed by atoms with Crippen LogP contribution in [0.5, 0.6) is 11.5 Å². The first kappa shape index (κ1) is 49.5. The zero-order valence-electron chi connectivity index (χ0n) is 38.4. The van der Waals surface area contributed by atoms with Crippen molar-refractivity contribution in [3.8, 4) is 23.6 Å². The summed E-state index contributed by atoms with van der Waals surface area (Å²) in [6.45, 7) is 8.57. The van der Waals surface area contributed by atoms with Crippen molar-refractivity contribution < 1.29 is 38.2 Å². The molecule has 346 valence electrons. The van der Waals surface area contributed by atoms with Crippen LogP contribution >= 0.6 is 0 Å². The fourth-order valence-corrected chi connectivity index (χ4v) is 8.89. The number of aromatic nitrogens is 2. The van der Waals surface area contributed by atoms with Gasteiger partial charge in [0.2, 0.25) is 17.7 Å². The van der Waals surface area contributed by atoms with Gasteiger partial charge < -0.3 is 35.4 Å². The summed E-state index contributed by atoms with van der Waals surface area (Å²) in [5.74, 6) is -0.685. The minimum Gasteiger partial charge on any atom is -0.496 e. The van der Waals surface area contributed by atoms with Gasteiger partial charge in [-0.05, 0) is 93.2 Å². The highest BCUT2D eigenvalue weighted by Gasteiger charge is 2.32. The molecule has 1 saturated carbocycles. The summed E-state index contributed by atoms with van der Waals surface area (Å²) in [5, 5.41) is 29.0. The number of fused-ring (bicyclic) bond motifs is 2. The highest BCUT2D eigenvalue weighted by molar-refractivity contribution is 6.03. The van der Waals surface area contributed by atoms with Crippen LogP contribution in [0.1, 0.15) is 119 Å². The number of methoxy groups -OCH3 is 2. The molecular formula is C50H63N7O8. The number of ketones is 3. The SMILES string of the molecule is COc1cccc2[nH]c(C(=O)C[C@@H](CC(C)C)C(=O)N[C@H](C#N)C[C@@H]3CCCCC3=O)cc12.COc1cccc2[nH]c(C(=O)C[C@@H](CC(C)C)C(=O)N[C@H](C#N)C[C@@H]3CCNC3=O)cc12. The summed E-state index contributed by atoms with van der Waals surface area (Å²) < 4.78 is 10.7. The van der Waals surface area contributed by atoms with Crippen LogP contribution in [-0.2, 0) is 19.2 Å². The Morgan fingerprint density at radius 1 is 0.708 bits per heavy atom. The second-order valence-corrected chi connectivity index (χ2v) is 18.2. The molecule has 1 saturated heterocycles. The van der Waals surface area contributed by atoms with E-state index in [9.17, 15) is 39.3 Å². The molecule has 65 heavy (non-hydrogen) atoms. The highest BCUT2D eigenvalue weighted by Crippen LogP contribution is 2.30. The molecule has 6 atom stereocenters. The second kappa shape index (κ2) is 23.4. The molecule has 2 aliphatic rings. The average molecular weight is 890 g/mol. The van der Waals surface area contributed by atoms with Crippen molar-refractivity contribution >= 4 is 56.9 Å². The predicted octanol–water partition coefficient (Wildman–Crippen LogP) is 7.52. The third-order valence-electron chi connectivity index (χ3n) is 12.2. The molecule has 1 aliphatic carbocycles. The van der Waals surface area contributed by atoms with Gasteiger partial charge in [0.25, 0.3) is 0 Å². The molecule has 2 fully saturated rings. The number of nitriles is 2. The zero-order valence-corrected chi connectivity index (χ0v) is 38.4. The van der Waals surface area contributed by atoms with Crippen LogP contribution in [0, 0.1) is 58.2 Å². The summed E-state index contributed by atoms with van der Waals surface area (Å²) in [6, 6.07) is 17.3. The molecule has 1 aliphatic heterocycles. The van der Waals surface area contributed by atoms with Gasteiger partial charge in [0.15, 0.2) is 11.6 Å². The van der Waals surface area contributed by atoms with E-state index in [-0.39, 0.29) is 78.0 Å². The molecule has 0 radical (unpaired) electrons. The van der Waals surface area contributed by atoms with Gasteiger partial charge in [0.1, 0.15) is 29.4 Å². The Morgan fingerprint density at radius 3 is 1.58 bits per heavy atom. The third-order valence-corrected chi connectivity index (χ3v) is 12.2. The van der Waals surface area contributed by atoms with Crippen molar-refractivity contribution in [2.24, 2.45) is 35.5 Å². The van der Waals surface area contributed by atoms with E-state index in [0.717, 1.165) is 41.1 Å². The van der Waals surface area contributed by atoms with Gasteiger partial charge in [-0.2, -0.15) is 10.5 Å². The summed E-state index contributed by atoms with van der Waals surface area (Å²) >= 11 is 0. The van der Waals surface area contributed by atoms with E-state index in [1.807, 2.05) is 64.1 Å². The number of rotatable bonds is 20. The zero-order chi connectivity index (χ0) is 47.2. The number of carbonyl (C=O) groups excluding carboxylic acids is 6. The fraction of sp³-hybridized carbons (Fsp3) is 0.520. The van der Waals surface area contributed by atoms with E-state index < -0.39 is 23.9 Å². The molecule has 15 heteroatoms. The Balaban J connectivity index is 0.000000244. The van der Waals surface area contributed by atoms with Crippen LogP contribution < -0.4 is 25.4 Å². The van der Waals surface area contributed by atoms with E-state index in [0.29, 0.717) is 61.5 Å². The minimum atomic E-state index is -0.765. The van der Waals surface area contributed by atoms with Crippen molar-refractivity contribution in [3.05, 3.63) is 59.9 Å². The number of hydrogen-bond acceptors (Lipinski definition) is 10. The van der Waals surface area contributed by atoms with Crippen molar-refractivity contribution in [1.29, 1.82) is 10.5 Å². The molecule has 0 spiro atoms. The number of H-pyrrole nitrogens is 2. The van der Waals surface area contributed by atoms with Gasteiger partial charge in [-0.25, -0.2) is 0 Å². The van der Waals surface area contributed by atoms with E-state index in [2.05, 4.69) is 38.1 Å². The number of aromatic amines is 2. The monoisotopic (exact) mass is 889 g/mol. The van der Waals surface area contributed by atoms with Crippen molar-refractivity contribution in [3.63, 3.8) is 0 Å². The fourth-order valence-electron chi connectivity index (χ4n) is 8.89. The van der Waals surface area contributed by atoms with Crippen molar-refractivity contribution in [1.82, 2.24) is 25.9 Å².